The van der Waals surface area contributed by atoms with Gasteiger partial charge in [0.15, 0.2) is 5.65 Å². The molecule has 0 amide bonds. The van der Waals surface area contributed by atoms with E-state index in [0.29, 0.717) is 22.0 Å². The van der Waals surface area contributed by atoms with E-state index in [-0.39, 0.29) is 6.04 Å². The van der Waals surface area contributed by atoms with E-state index in [0.717, 1.165) is 41.0 Å². The minimum absolute atomic E-state index is 0.0894. The number of rotatable bonds is 4. The summed E-state index contributed by atoms with van der Waals surface area (Å²) in [4.78, 5) is 9.68. The fourth-order valence-corrected chi connectivity index (χ4v) is 4.70. The Morgan fingerprint density at radius 1 is 1.25 bits per heavy atom. The second-order valence-corrected chi connectivity index (χ2v) is 9.39. The first-order valence-corrected chi connectivity index (χ1v) is 12.1. The maximum Gasteiger partial charge on any atom is 0.178 e. The maximum absolute atomic E-state index is 6.45. The minimum Gasteiger partial charge on any atom is -0.316 e. The molecule has 1 aliphatic rings. The van der Waals surface area contributed by atoms with Crippen LogP contribution in [0.1, 0.15) is 70.0 Å². The summed E-state index contributed by atoms with van der Waals surface area (Å²) in [5, 5.41) is 9.36. The number of hydrogen-bond donors (Lipinski definition) is 1. The molecule has 7 heteroatoms. The molecule has 0 saturated carbocycles. The molecule has 172 valence electrons. The van der Waals surface area contributed by atoms with Gasteiger partial charge >= 0.3 is 0 Å². The van der Waals surface area contributed by atoms with Gasteiger partial charge in [-0.15, -0.1) is 0 Å². The second kappa shape index (κ2) is 10.8. The van der Waals surface area contributed by atoms with Crippen LogP contribution < -0.4 is 5.32 Å². The molecule has 0 fully saturated rings. The molecule has 3 atom stereocenters. The number of benzene rings is 1. The average Bonchev–Trinajstić information content (AvgIpc) is 3.10. The fourth-order valence-electron chi connectivity index (χ4n) is 4.13. The van der Waals surface area contributed by atoms with Crippen molar-refractivity contribution < 1.29 is 0 Å². The van der Waals surface area contributed by atoms with Crippen LogP contribution in [-0.2, 0) is 0 Å². The molecule has 0 radical (unpaired) electrons. The summed E-state index contributed by atoms with van der Waals surface area (Å²) in [5.41, 5.74) is 5.59. The zero-order chi connectivity index (χ0) is 23.4. The van der Waals surface area contributed by atoms with Gasteiger partial charge in [0.1, 0.15) is 5.52 Å². The number of allylic oxidation sites excluding steroid dienone is 1. The smallest absolute Gasteiger partial charge is 0.178 e. The average molecular weight is 474 g/mol. The molecule has 0 aliphatic heterocycles. The molecule has 0 spiro atoms. The van der Waals surface area contributed by atoms with Crippen molar-refractivity contribution in [3.63, 3.8) is 0 Å². The van der Waals surface area contributed by atoms with Crippen molar-refractivity contribution in [2.24, 2.45) is 5.92 Å². The highest BCUT2D eigenvalue weighted by molar-refractivity contribution is 6.35. The van der Waals surface area contributed by atoms with Crippen molar-refractivity contribution in [1.29, 1.82) is 0 Å². The Kier molecular flexibility index (Phi) is 8.32. The van der Waals surface area contributed by atoms with E-state index in [1.165, 1.54) is 12.0 Å². The molecule has 2 heterocycles. The Labute approximate surface area is 201 Å². The van der Waals surface area contributed by atoms with Crippen LogP contribution in [-0.4, -0.2) is 32.8 Å². The van der Waals surface area contributed by atoms with Gasteiger partial charge in [0.2, 0.25) is 0 Å². The number of aryl methyl sites for hydroxylation is 1. The highest BCUT2D eigenvalue weighted by Gasteiger charge is 2.24. The van der Waals surface area contributed by atoms with Gasteiger partial charge in [-0.1, -0.05) is 62.5 Å². The quantitative estimate of drug-likeness (QED) is 0.448. The summed E-state index contributed by atoms with van der Waals surface area (Å²) in [6, 6.07) is 5.97. The van der Waals surface area contributed by atoms with Crippen molar-refractivity contribution in [3.05, 3.63) is 57.5 Å². The molecule has 0 saturated heterocycles. The van der Waals surface area contributed by atoms with Crippen LogP contribution in [0, 0.1) is 12.8 Å². The van der Waals surface area contributed by atoms with Gasteiger partial charge in [0, 0.05) is 16.1 Å². The molecule has 3 aromatic rings. The molecule has 5 nitrogen and oxygen atoms in total. The van der Waals surface area contributed by atoms with Crippen molar-refractivity contribution in [2.75, 3.05) is 7.05 Å². The summed E-state index contributed by atoms with van der Waals surface area (Å²) in [6.07, 6.45) is 7.39. The summed E-state index contributed by atoms with van der Waals surface area (Å²) in [5.74, 6) is 0.552. The van der Waals surface area contributed by atoms with Gasteiger partial charge in [0.25, 0.3) is 0 Å². The van der Waals surface area contributed by atoms with Crippen LogP contribution in [0.25, 0.3) is 16.7 Å². The van der Waals surface area contributed by atoms with Gasteiger partial charge < -0.3 is 5.32 Å². The third-order valence-corrected chi connectivity index (χ3v) is 6.46. The van der Waals surface area contributed by atoms with Gasteiger partial charge in [-0.2, -0.15) is 5.10 Å². The summed E-state index contributed by atoms with van der Waals surface area (Å²) < 4.78 is 1.92. The Morgan fingerprint density at radius 2 is 1.97 bits per heavy atom. The third kappa shape index (κ3) is 5.16. The summed E-state index contributed by atoms with van der Waals surface area (Å²) in [6.45, 7) is 10.6. The van der Waals surface area contributed by atoms with E-state index >= 15 is 0 Å². The van der Waals surface area contributed by atoms with Crippen LogP contribution in [0.5, 0.6) is 0 Å². The van der Waals surface area contributed by atoms with E-state index in [9.17, 15) is 0 Å². The lowest BCUT2D eigenvalue weighted by molar-refractivity contribution is 0.396. The van der Waals surface area contributed by atoms with Crippen molar-refractivity contribution >= 4 is 39.9 Å². The van der Waals surface area contributed by atoms with E-state index < -0.39 is 0 Å². The standard InChI is InChI=1S/C22H25Cl2N5.C3H8/c1-12-9-15(5-8-19(12)25-4)20-11-26-21-13(2)28-29(22(21)27-20)14(3)17-7-6-16(23)10-18(17)24;1-3-2/h5-7,10-12,14,19,25H,8-9H2,1-4H3;3H2,1-2H3/t12-,14-,19+;/m1./s1. The Hall–Kier alpha value is -1.95. The Bertz CT molecular complexity index is 1110. The number of halogens is 2. The van der Waals surface area contributed by atoms with E-state index in [1.807, 2.05) is 37.0 Å². The number of nitrogens with zero attached hydrogens (tertiary/aromatic N) is 4. The van der Waals surface area contributed by atoms with Crippen LogP contribution in [0.15, 0.2) is 30.5 Å². The normalized spacial score (nSPS) is 19.3. The molecular formula is C25H33Cl2N5. The Morgan fingerprint density at radius 3 is 2.59 bits per heavy atom. The topological polar surface area (TPSA) is 55.6 Å². The van der Waals surface area contributed by atoms with Gasteiger partial charge in [-0.25, -0.2) is 14.6 Å². The molecule has 4 rings (SSSR count). The van der Waals surface area contributed by atoms with E-state index in [2.05, 4.69) is 39.1 Å². The zero-order valence-electron chi connectivity index (χ0n) is 19.8. The van der Waals surface area contributed by atoms with Crippen LogP contribution in [0.3, 0.4) is 0 Å². The number of fused-ring (bicyclic) bond motifs is 1. The highest BCUT2D eigenvalue weighted by atomic mass is 35.5. The molecular weight excluding hydrogens is 441 g/mol. The molecule has 32 heavy (non-hydrogen) atoms. The van der Waals surface area contributed by atoms with Gasteiger partial charge in [-0.3, -0.25) is 0 Å². The minimum atomic E-state index is -0.0894. The molecule has 1 N–H and O–H groups in total. The first-order valence-electron chi connectivity index (χ1n) is 11.3. The predicted molar refractivity (Wildman–Crippen MR) is 136 cm³/mol. The SMILES string of the molecule is CCC.CN[C@H]1CC=C(c2cnc3c(C)nn([C@H](C)c4ccc(Cl)cc4Cl)c3n2)C[C@H]1C. The number of aromatic nitrogens is 4. The fraction of sp³-hybridized carbons (Fsp3) is 0.480. The van der Waals surface area contributed by atoms with E-state index in [4.69, 9.17) is 38.3 Å². The lowest BCUT2D eigenvalue weighted by atomic mass is 9.85. The first kappa shape index (κ1) is 24.7. The van der Waals surface area contributed by atoms with Crippen molar-refractivity contribution in [2.45, 2.75) is 66.0 Å². The summed E-state index contributed by atoms with van der Waals surface area (Å²) >= 11 is 12.5. The summed E-state index contributed by atoms with van der Waals surface area (Å²) in [7, 11) is 2.02. The van der Waals surface area contributed by atoms with E-state index in [1.54, 1.807) is 6.07 Å². The molecule has 1 aliphatic carbocycles. The van der Waals surface area contributed by atoms with Gasteiger partial charge in [0.05, 0.1) is 23.6 Å². The van der Waals surface area contributed by atoms with Crippen LogP contribution in [0.4, 0.5) is 0 Å². The second-order valence-electron chi connectivity index (χ2n) is 8.55. The van der Waals surface area contributed by atoms with Crippen molar-refractivity contribution in [1.82, 2.24) is 25.1 Å². The molecule has 0 unspecified atom stereocenters. The zero-order valence-corrected chi connectivity index (χ0v) is 21.3. The Balaban J connectivity index is 0.000000913. The molecule has 1 aromatic carbocycles. The third-order valence-electron chi connectivity index (χ3n) is 5.90. The largest absolute Gasteiger partial charge is 0.316 e. The van der Waals surface area contributed by atoms with Crippen LogP contribution in [0.2, 0.25) is 10.0 Å². The molecule has 0 bridgehead atoms. The lowest BCUT2D eigenvalue weighted by Crippen LogP contribution is -2.33. The first-order chi connectivity index (χ1) is 15.3. The molecule has 2 aromatic heterocycles. The highest BCUT2D eigenvalue weighted by Crippen LogP contribution is 2.33. The van der Waals surface area contributed by atoms with Crippen molar-refractivity contribution in [3.8, 4) is 0 Å². The predicted octanol–water partition coefficient (Wildman–Crippen LogP) is 6.87. The number of hydrogen-bond acceptors (Lipinski definition) is 4. The lowest BCUT2D eigenvalue weighted by Gasteiger charge is -2.28. The monoisotopic (exact) mass is 473 g/mol. The number of nitrogens with one attached hydrogen (secondary N) is 1. The van der Waals surface area contributed by atoms with Gasteiger partial charge in [-0.05, 0) is 62.9 Å². The maximum atomic E-state index is 6.45. The van der Waals surface area contributed by atoms with Crippen LogP contribution >= 0.6 is 23.2 Å².